The number of hydrogen-bond acceptors (Lipinski definition) is 1. The molecule has 1 saturated heterocycles. The molecule has 1 unspecified atom stereocenters. The highest BCUT2D eigenvalue weighted by molar-refractivity contribution is 7.81. The first kappa shape index (κ1) is 13.0. The minimum atomic E-state index is -2.53. The summed E-state index contributed by atoms with van der Waals surface area (Å²) in [7, 11) is -1.09. The highest BCUT2D eigenvalue weighted by Crippen LogP contribution is 2.27. The van der Waals surface area contributed by atoms with Gasteiger partial charge in [0.2, 0.25) is 0 Å². The fourth-order valence-electron chi connectivity index (χ4n) is 1.07. The Morgan fingerprint density at radius 3 is 1.92 bits per heavy atom. The van der Waals surface area contributed by atoms with Crippen LogP contribution in [0.5, 0.6) is 0 Å². The third-order valence-electron chi connectivity index (χ3n) is 1.82. The van der Waals surface area contributed by atoms with Crippen molar-refractivity contribution in [2.45, 2.75) is 32.6 Å². The Morgan fingerprint density at radius 1 is 1.23 bits per heavy atom. The van der Waals surface area contributed by atoms with Gasteiger partial charge in [-0.25, -0.2) is 17.3 Å². The van der Waals surface area contributed by atoms with Gasteiger partial charge in [0.25, 0.3) is 5.92 Å². The lowest BCUT2D eigenvalue weighted by Gasteiger charge is -2.29. The lowest BCUT2D eigenvalue weighted by molar-refractivity contribution is -0.0405. The molecule has 5 heteroatoms. The molecule has 2 nitrogen and oxygen atoms in total. The second-order valence-corrected chi connectivity index (χ2v) is 4.07. The standard InChI is InChI=1S/C6H11F2NOS.C2H6/c1-11(10)9-4-2-6(7,8)3-5-9;1-2/h2-5H2,1H3;1-2H3. The van der Waals surface area contributed by atoms with Crippen LogP contribution in [0.3, 0.4) is 0 Å². The van der Waals surface area contributed by atoms with E-state index in [9.17, 15) is 13.0 Å². The van der Waals surface area contributed by atoms with Crippen LogP contribution >= 0.6 is 0 Å². The minimum Gasteiger partial charge on any atom is -0.243 e. The molecule has 0 radical (unpaired) electrons. The average molecular weight is 213 g/mol. The highest BCUT2D eigenvalue weighted by atomic mass is 32.2. The van der Waals surface area contributed by atoms with Crippen LogP contribution in [0.1, 0.15) is 26.7 Å². The minimum absolute atomic E-state index is 0.160. The van der Waals surface area contributed by atoms with Crippen LogP contribution in [-0.4, -0.2) is 33.8 Å². The molecule has 0 aromatic carbocycles. The smallest absolute Gasteiger partial charge is 0.243 e. The van der Waals surface area contributed by atoms with Gasteiger partial charge in [0, 0.05) is 32.2 Å². The van der Waals surface area contributed by atoms with Crippen molar-refractivity contribution >= 4 is 11.0 Å². The SMILES string of the molecule is CC.CS(=O)N1CCC(F)(F)CC1. The van der Waals surface area contributed by atoms with E-state index in [4.69, 9.17) is 0 Å². The van der Waals surface area contributed by atoms with Crippen molar-refractivity contribution in [2.75, 3.05) is 19.3 Å². The van der Waals surface area contributed by atoms with Crippen LogP contribution in [0.25, 0.3) is 0 Å². The Hall–Kier alpha value is -0.0300. The summed E-state index contributed by atoms with van der Waals surface area (Å²) in [5.41, 5.74) is 0. The molecule has 1 aliphatic heterocycles. The van der Waals surface area contributed by atoms with E-state index in [0.29, 0.717) is 0 Å². The maximum atomic E-state index is 12.5. The third-order valence-corrected chi connectivity index (χ3v) is 2.91. The van der Waals surface area contributed by atoms with Gasteiger partial charge in [0.1, 0.15) is 0 Å². The van der Waals surface area contributed by atoms with Gasteiger partial charge in [-0.1, -0.05) is 13.8 Å². The van der Waals surface area contributed by atoms with Gasteiger partial charge in [-0.3, -0.25) is 0 Å². The first-order valence-corrected chi connectivity index (χ1v) is 5.99. The zero-order chi connectivity index (χ0) is 10.5. The summed E-state index contributed by atoms with van der Waals surface area (Å²) in [6, 6.07) is 0. The van der Waals surface area contributed by atoms with Crippen molar-refractivity contribution in [2.24, 2.45) is 0 Å². The number of piperidine rings is 1. The zero-order valence-electron chi connectivity index (χ0n) is 8.35. The van der Waals surface area contributed by atoms with Crippen LogP contribution < -0.4 is 0 Å². The molecule has 0 amide bonds. The number of hydrogen-bond donors (Lipinski definition) is 0. The van der Waals surface area contributed by atoms with Crippen LogP contribution in [0, 0.1) is 0 Å². The molecular formula is C8H17F2NOS. The number of nitrogens with zero attached hydrogens (tertiary/aromatic N) is 1. The van der Waals surface area contributed by atoms with Crippen molar-refractivity contribution in [3.05, 3.63) is 0 Å². The maximum Gasteiger partial charge on any atom is 0.250 e. The van der Waals surface area contributed by atoms with Gasteiger partial charge in [0.15, 0.2) is 0 Å². The molecule has 0 bridgehead atoms. The van der Waals surface area contributed by atoms with Crippen molar-refractivity contribution in [3.8, 4) is 0 Å². The molecule has 1 fully saturated rings. The molecule has 0 N–H and O–H groups in total. The third kappa shape index (κ3) is 4.67. The Labute approximate surface area is 80.9 Å². The number of halogens is 2. The summed E-state index contributed by atoms with van der Waals surface area (Å²) in [6.45, 7) is 4.49. The van der Waals surface area contributed by atoms with E-state index < -0.39 is 16.9 Å². The maximum absolute atomic E-state index is 12.5. The Morgan fingerprint density at radius 2 is 1.62 bits per heavy atom. The number of rotatable bonds is 1. The van der Waals surface area contributed by atoms with Crippen LogP contribution in [0.4, 0.5) is 8.78 Å². The molecule has 1 aliphatic rings. The van der Waals surface area contributed by atoms with E-state index in [0.717, 1.165) is 0 Å². The second-order valence-electron chi connectivity index (χ2n) is 2.71. The van der Waals surface area contributed by atoms with E-state index in [2.05, 4.69) is 0 Å². The van der Waals surface area contributed by atoms with Crippen molar-refractivity contribution in [1.82, 2.24) is 4.31 Å². The first-order chi connectivity index (χ1) is 6.01. The molecule has 0 spiro atoms. The molecule has 0 aliphatic carbocycles. The number of alkyl halides is 2. The second kappa shape index (κ2) is 5.65. The normalized spacial score (nSPS) is 24.4. The summed E-state index contributed by atoms with van der Waals surface area (Å²) in [5, 5.41) is 0. The predicted octanol–water partition coefficient (Wildman–Crippen LogP) is 2.04. The Bertz CT molecular complexity index is 166. The predicted molar refractivity (Wildman–Crippen MR) is 51.2 cm³/mol. The van der Waals surface area contributed by atoms with Crippen LogP contribution in [0.15, 0.2) is 0 Å². The van der Waals surface area contributed by atoms with Gasteiger partial charge in [-0.2, -0.15) is 0 Å². The summed E-state index contributed by atoms with van der Waals surface area (Å²) in [4.78, 5) is 0. The molecule has 1 atom stereocenters. The van der Waals surface area contributed by atoms with Crippen LogP contribution in [0.2, 0.25) is 0 Å². The topological polar surface area (TPSA) is 20.3 Å². The summed E-state index contributed by atoms with van der Waals surface area (Å²) < 4.78 is 37.4. The zero-order valence-corrected chi connectivity index (χ0v) is 9.16. The molecule has 1 heterocycles. The van der Waals surface area contributed by atoms with Gasteiger partial charge >= 0.3 is 0 Å². The average Bonchev–Trinajstić information content (AvgIpc) is 2.07. The van der Waals surface area contributed by atoms with E-state index in [1.165, 1.54) is 6.26 Å². The molecule has 0 aromatic heterocycles. The van der Waals surface area contributed by atoms with Crippen molar-refractivity contribution in [1.29, 1.82) is 0 Å². The first-order valence-electron chi connectivity index (χ1n) is 4.48. The molecular weight excluding hydrogens is 196 g/mol. The highest BCUT2D eigenvalue weighted by Gasteiger charge is 2.34. The largest absolute Gasteiger partial charge is 0.250 e. The fourth-order valence-corrected chi connectivity index (χ4v) is 1.77. The monoisotopic (exact) mass is 213 g/mol. The Kier molecular flexibility index (Phi) is 5.64. The molecule has 13 heavy (non-hydrogen) atoms. The summed E-state index contributed by atoms with van der Waals surface area (Å²) in [6.07, 6.45) is 1.20. The van der Waals surface area contributed by atoms with Crippen molar-refractivity contribution in [3.63, 3.8) is 0 Å². The van der Waals surface area contributed by atoms with E-state index >= 15 is 0 Å². The Balaban J connectivity index is 0.000000671. The quantitative estimate of drug-likeness (QED) is 0.652. The lowest BCUT2D eigenvalue weighted by Crippen LogP contribution is -2.39. The van der Waals surface area contributed by atoms with Gasteiger partial charge in [-0.05, 0) is 0 Å². The van der Waals surface area contributed by atoms with E-state index in [1.54, 1.807) is 4.31 Å². The summed E-state index contributed by atoms with van der Waals surface area (Å²) >= 11 is 0. The molecule has 0 aromatic rings. The van der Waals surface area contributed by atoms with Crippen molar-refractivity contribution < 1.29 is 13.0 Å². The molecule has 1 rings (SSSR count). The van der Waals surface area contributed by atoms with Gasteiger partial charge in [0.05, 0.1) is 11.0 Å². The molecule has 80 valence electrons. The lowest BCUT2D eigenvalue weighted by atomic mass is 10.1. The van der Waals surface area contributed by atoms with E-state index in [-0.39, 0.29) is 25.9 Å². The van der Waals surface area contributed by atoms with Gasteiger partial charge in [-0.15, -0.1) is 0 Å². The molecule has 0 saturated carbocycles. The fraction of sp³-hybridized carbons (Fsp3) is 1.00. The van der Waals surface area contributed by atoms with E-state index in [1.807, 2.05) is 13.8 Å². The summed E-state index contributed by atoms with van der Waals surface area (Å²) in [5.74, 6) is -2.53. The van der Waals surface area contributed by atoms with Gasteiger partial charge < -0.3 is 0 Å². The van der Waals surface area contributed by atoms with Crippen LogP contribution in [-0.2, 0) is 11.0 Å².